The Morgan fingerprint density at radius 1 is 1.50 bits per heavy atom. The summed E-state index contributed by atoms with van der Waals surface area (Å²) in [5.41, 5.74) is 5.67. The highest BCUT2D eigenvalue weighted by molar-refractivity contribution is 5.76. The third kappa shape index (κ3) is 3.16. The summed E-state index contributed by atoms with van der Waals surface area (Å²) in [6, 6.07) is 2.18. The molecule has 0 radical (unpaired) electrons. The third-order valence-electron chi connectivity index (χ3n) is 2.38. The normalized spacial score (nSPS) is 13.8. The molecular weight excluding hydrogens is 244 g/mol. The maximum absolute atomic E-state index is 13.7. The molecule has 1 aromatic rings. The van der Waals surface area contributed by atoms with E-state index in [0.29, 0.717) is 0 Å². The highest BCUT2D eigenvalue weighted by Gasteiger charge is 2.30. The monoisotopic (exact) mass is 259 g/mol. The number of halogens is 2. The van der Waals surface area contributed by atoms with Gasteiger partial charge in [0.15, 0.2) is 0 Å². The number of benzene rings is 1. The van der Waals surface area contributed by atoms with Crippen LogP contribution in [0, 0.1) is 5.82 Å². The molecule has 0 saturated heterocycles. The van der Waals surface area contributed by atoms with Gasteiger partial charge in [-0.15, -0.1) is 0 Å². The average Bonchev–Trinajstić information content (AvgIpc) is 2.37. The van der Waals surface area contributed by atoms with E-state index in [2.05, 4.69) is 4.74 Å². The number of esters is 1. The summed E-state index contributed by atoms with van der Waals surface area (Å²) in [7, 11) is 1.35. The van der Waals surface area contributed by atoms with Gasteiger partial charge in [0.2, 0.25) is 6.17 Å². The lowest BCUT2D eigenvalue weighted by Gasteiger charge is -2.18. The summed E-state index contributed by atoms with van der Waals surface area (Å²) < 4.78 is 36.3. The molecule has 0 fully saturated rings. The molecule has 0 aliphatic heterocycles. The second kappa shape index (κ2) is 6.30. The number of ether oxygens (including phenoxy) is 2. The van der Waals surface area contributed by atoms with Gasteiger partial charge in [0.25, 0.3) is 0 Å². The van der Waals surface area contributed by atoms with E-state index < -0.39 is 24.0 Å². The molecule has 1 rings (SSSR count). The standard InChI is InChI=1S/C12H15F2NO3/c1-3-18-12(16)10(14)11(15)8-6-7(13)4-5-9(8)17-2/h4-6,10-11H,3,15H2,1-2H3/t10?,11-/m1/s1. The van der Waals surface area contributed by atoms with E-state index in [1.54, 1.807) is 6.92 Å². The molecule has 1 unspecified atom stereocenters. The molecule has 0 bridgehead atoms. The number of rotatable bonds is 5. The van der Waals surface area contributed by atoms with Crippen molar-refractivity contribution in [2.45, 2.75) is 19.1 Å². The highest BCUT2D eigenvalue weighted by atomic mass is 19.1. The van der Waals surface area contributed by atoms with E-state index in [-0.39, 0.29) is 17.9 Å². The van der Waals surface area contributed by atoms with E-state index in [1.807, 2.05) is 0 Å². The second-order valence-electron chi connectivity index (χ2n) is 3.57. The minimum atomic E-state index is -2.07. The van der Waals surface area contributed by atoms with Crippen LogP contribution >= 0.6 is 0 Å². The molecule has 1 aromatic carbocycles. The summed E-state index contributed by atoms with van der Waals surface area (Å²) in [4.78, 5) is 11.2. The van der Waals surface area contributed by atoms with Crippen LogP contribution in [0.2, 0.25) is 0 Å². The first kappa shape index (κ1) is 14.4. The maximum Gasteiger partial charge on any atom is 0.342 e. The van der Waals surface area contributed by atoms with Crippen molar-refractivity contribution in [3.05, 3.63) is 29.6 Å². The smallest absolute Gasteiger partial charge is 0.342 e. The fraction of sp³-hybridized carbons (Fsp3) is 0.417. The molecule has 0 saturated carbocycles. The van der Waals surface area contributed by atoms with Crippen molar-refractivity contribution in [2.75, 3.05) is 13.7 Å². The Hall–Kier alpha value is -1.69. The van der Waals surface area contributed by atoms with Crippen molar-refractivity contribution in [3.63, 3.8) is 0 Å². The van der Waals surface area contributed by atoms with Crippen molar-refractivity contribution in [1.82, 2.24) is 0 Å². The van der Waals surface area contributed by atoms with E-state index in [4.69, 9.17) is 10.5 Å². The first-order valence-corrected chi connectivity index (χ1v) is 5.41. The fourth-order valence-corrected chi connectivity index (χ4v) is 1.49. The van der Waals surface area contributed by atoms with Crippen LogP contribution in [-0.2, 0) is 9.53 Å². The summed E-state index contributed by atoms with van der Waals surface area (Å²) in [5, 5.41) is 0. The predicted octanol–water partition coefficient (Wildman–Crippen LogP) is 1.74. The molecule has 2 N–H and O–H groups in total. The second-order valence-corrected chi connectivity index (χ2v) is 3.57. The van der Waals surface area contributed by atoms with Crippen LogP contribution in [0.25, 0.3) is 0 Å². The van der Waals surface area contributed by atoms with Crippen LogP contribution in [0.5, 0.6) is 5.75 Å². The van der Waals surface area contributed by atoms with Crippen molar-refractivity contribution < 1.29 is 23.0 Å². The van der Waals surface area contributed by atoms with Crippen LogP contribution in [-0.4, -0.2) is 25.9 Å². The van der Waals surface area contributed by atoms with Crippen LogP contribution < -0.4 is 10.5 Å². The molecule has 0 aliphatic rings. The third-order valence-corrected chi connectivity index (χ3v) is 2.38. The molecule has 100 valence electrons. The van der Waals surface area contributed by atoms with Gasteiger partial charge in [-0.25, -0.2) is 13.6 Å². The summed E-state index contributed by atoms with van der Waals surface area (Å²) >= 11 is 0. The molecule has 2 atom stereocenters. The Labute approximate surface area is 104 Å². The number of nitrogens with two attached hydrogens (primary N) is 1. The topological polar surface area (TPSA) is 61.5 Å². The summed E-state index contributed by atoms with van der Waals surface area (Å²) in [6.07, 6.45) is -2.07. The predicted molar refractivity (Wildman–Crippen MR) is 61.4 cm³/mol. The number of alkyl halides is 1. The van der Waals surface area contributed by atoms with Gasteiger partial charge in [-0.3, -0.25) is 0 Å². The van der Waals surface area contributed by atoms with Crippen LogP contribution in [0.3, 0.4) is 0 Å². The Bertz CT molecular complexity index is 426. The van der Waals surface area contributed by atoms with Crippen LogP contribution in [0.4, 0.5) is 8.78 Å². The van der Waals surface area contributed by atoms with Gasteiger partial charge < -0.3 is 15.2 Å². The van der Waals surface area contributed by atoms with E-state index in [1.165, 1.54) is 13.2 Å². The molecule has 0 spiro atoms. The molecular formula is C12H15F2NO3. The molecule has 0 aromatic heterocycles. The number of carbonyl (C=O) groups is 1. The van der Waals surface area contributed by atoms with Crippen molar-refractivity contribution in [1.29, 1.82) is 0 Å². The number of hydrogen-bond donors (Lipinski definition) is 1. The lowest BCUT2D eigenvalue weighted by Crippen LogP contribution is -2.31. The first-order chi connectivity index (χ1) is 8.51. The molecule has 0 amide bonds. The van der Waals surface area contributed by atoms with Crippen LogP contribution in [0.15, 0.2) is 18.2 Å². The minimum Gasteiger partial charge on any atom is -0.496 e. The fourth-order valence-electron chi connectivity index (χ4n) is 1.49. The van der Waals surface area contributed by atoms with Crippen molar-refractivity contribution in [3.8, 4) is 5.75 Å². The zero-order valence-corrected chi connectivity index (χ0v) is 10.2. The quantitative estimate of drug-likeness (QED) is 0.818. The van der Waals surface area contributed by atoms with Gasteiger partial charge in [0.1, 0.15) is 11.6 Å². The number of methoxy groups -OCH3 is 1. The molecule has 6 heteroatoms. The van der Waals surface area contributed by atoms with Crippen molar-refractivity contribution >= 4 is 5.97 Å². The van der Waals surface area contributed by atoms with Gasteiger partial charge in [0, 0.05) is 5.56 Å². The zero-order chi connectivity index (χ0) is 13.7. The molecule has 4 nitrogen and oxygen atoms in total. The molecule has 18 heavy (non-hydrogen) atoms. The largest absolute Gasteiger partial charge is 0.496 e. The minimum absolute atomic E-state index is 0.0479. The Balaban J connectivity index is 2.98. The van der Waals surface area contributed by atoms with Gasteiger partial charge in [0.05, 0.1) is 19.8 Å². The van der Waals surface area contributed by atoms with Crippen molar-refractivity contribution in [2.24, 2.45) is 5.73 Å². The first-order valence-electron chi connectivity index (χ1n) is 5.41. The number of carbonyl (C=O) groups excluding carboxylic acids is 1. The van der Waals surface area contributed by atoms with Gasteiger partial charge in [-0.1, -0.05) is 0 Å². The number of hydrogen-bond acceptors (Lipinski definition) is 4. The highest BCUT2D eigenvalue weighted by Crippen LogP contribution is 2.28. The Kier molecular flexibility index (Phi) is 5.03. The van der Waals surface area contributed by atoms with Gasteiger partial charge >= 0.3 is 5.97 Å². The summed E-state index contributed by atoms with van der Waals surface area (Å²) in [5.74, 6) is -1.44. The maximum atomic E-state index is 13.7. The summed E-state index contributed by atoms with van der Waals surface area (Å²) in [6.45, 7) is 1.60. The van der Waals surface area contributed by atoms with Crippen LogP contribution in [0.1, 0.15) is 18.5 Å². The van der Waals surface area contributed by atoms with Gasteiger partial charge in [-0.05, 0) is 25.1 Å². The lowest BCUT2D eigenvalue weighted by atomic mass is 10.0. The molecule has 0 heterocycles. The SMILES string of the molecule is CCOC(=O)C(F)[C@H](N)c1cc(F)ccc1OC. The Morgan fingerprint density at radius 3 is 2.72 bits per heavy atom. The lowest BCUT2D eigenvalue weighted by molar-refractivity contribution is -0.149. The zero-order valence-electron chi connectivity index (χ0n) is 10.2. The van der Waals surface area contributed by atoms with E-state index in [9.17, 15) is 13.6 Å². The Morgan fingerprint density at radius 2 is 2.17 bits per heavy atom. The van der Waals surface area contributed by atoms with E-state index in [0.717, 1.165) is 12.1 Å². The van der Waals surface area contributed by atoms with Gasteiger partial charge in [-0.2, -0.15) is 0 Å². The van der Waals surface area contributed by atoms with E-state index >= 15 is 0 Å². The average molecular weight is 259 g/mol. The molecule has 0 aliphatic carbocycles.